The van der Waals surface area contributed by atoms with Crippen LogP contribution >= 0.6 is 11.8 Å². The van der Waals surface area contributed by atoms with Crippen molar-refractivity contribution in [3.63, 3.8) is 0 Å². The van der Waals surface area contributed by atoms with E-state index in [4.69, 9.17) is 4.74 Å². The number of nitrogens with zero attached hydrogens (tertiary/aromatic N) is 1. The minimum absolute atomic E-state index is 0.193. The molecule has 7 nitrogen and oxygen atoms in total. The van der Waals surface area contributed by atoms with Crippen molar-refractivity contribution in [1.82, 2.24) is 5.32 Å². The van der Waals surface area contributed by atoms with E-state index in [0.717, 1.165) is 24.2 Å². The van der Waals surface area contributed by atoms with Crippen molar-refractivity contribution < 1.29 is 27.6 Å². The fraction of sp³-hybridized carbons (Fsp3) is 0.160. The zero-order chi connectivity index (χ0) is 25.9. The number of thioether (sulfide) groups is 1. The molecule has 3 aromatic carbocycles. The third-order valence-corrected chi connectivity index (χ3v) is 6.31. The molecule has 11 heteroatoms. The van der Waals surface area contributed by atoms with Gasteiger partial charge in [0.15, 0.2) is 5.50 Å². The second-order valence-electron chi connectivity index (χ2n) is 7.78. The van der Waals surface area contributed by atoms with Crippen LogP contribution in [0, 0.1) is 10.1 Å². The second kappa shape index (κ2) is 10.3. The number of nitrogens with one attached hydrogen (secondary N) is 2. The highest BCUT2D eigenvalue weighted by atomic mass is 32.2. The van der Waals surface area contributed by atoms with Crippen LogP contribution in [0.4, 0.5) is 24.5 Å². The maximum atomic E-state index is 12.9. The van der Waals surface area contributed by atoms with Gasteiger partial charge in [0.2, 0.25) is 5.75 Å². The number of nitro benzene ring substituents is 1. The summed E-state index contributed by atoms with van der Waals surface area (Å²) in [4.78, 5) is 23.2. The Morgan fingerprint density at radius 3 is 2.42 bits per heavy atom. The summed E-state index contributed by atoms with van der Waals surface area (Å²) in [5, 5.41) is 17.3. The van der Waals surface area contributed by atoms with Crippen LogP contribution < -0.4 is 15.4 Å². The third-order valence-electron chi connectivity index (χ3n) is 5.28. The van der Waals surface area contributed by atoms with Crippen molar-refractivity contribution in [3.8, 4) is 11.5 Å². The number of hydrogen-bond donors (Lipinski definition) is 2. The Morgan fingerprint density at radius 2 is 1.81 bits per heavy atom. The highest BCUT2D eigenvalue weighted by molar-refractivity contribution is 8.05. The van der Waals surface area contributed by atoms with Crippen molar-refractivity contribution >= 4 is 35.1 Å². The van der Waals surface area contributed by atoms with E-state index < -0.39 is 22.4 Å². The van der Waals surface area contributed by atoms with E-state index in [1.54, 1.807) is 18.2 Å². The molecule has 0 bridgehead atoms. The standard InChI is InChI=1S/C25H20F3N3O4S/c1-2-15-3-8-18(9-4-15)29-24-30-23(32)22(36-24)13-16-5-10-19(11-6-16)35-21-12-7-17(25(26,27)28)14-20(21)31(33)34/h3-14,24,29H,2H2,1H3,(H,30,32)/b22-13-/t24-/m1/s1. The monoisotopic (exact) mass is 515 g/mol. The van der Waals surface area contributed by atoms with Gasteiger partial charge in [-0.25, -0.2) is 0 Å². The number of aryl methyl sites for hydroxylation is 1. The molecule has 1 amide bonds. The Morgan fingerprint density at radius 1 is 1.11 bits per heavy atom. The molecule has 0 saturated carbocycles. The first-order valence-electron chi connectivity index (χ1n) is 10.8. The second-order valence-corrected chi connectivity index (χ2v) is 8.93. The molecule has 186 valence electrons. The average Bonchev–Trinajstić information content (AvgIpc) is 3.18. The molecule has 0 spiro atoms. The molecule has 1 atom stereocenters. The van der Waals surface area contributed by atoms with E-state index >= 15 is 0 Å². The summed E-state index contributed by atoms with van der Waals surface area (Å²) in [7, 11) is 0. The predicted octanol–water partition coefficient (Wildman–Crippen LogP) is 6.57. The van der Waals surface area contributed by atoms with Gasteiger partial charge in [-0.15, -0.1) is 0 Å². The maximum absolute atomic E-state index is 12.9. The summed E-state index contributed by atoms with van der Waals surface area (Å²) >= 11 is 1.32. The first-order chi connectivity index (χ1) is 17.1. The number of hydrogen-bond acceptors (Lipinski definition) is 6. The Kier molecular flexibility index (Phi) is 7.20. The number of halogens is 3. The lowest BCUT2D eigenvalue weighted by atomic mass is 10.1. The Labute approximate surface area is 208 Å². The smallest absolute Gasteiger partial charge is 0.416 e. The van der Waals surface area contributed by atoms with Gasteiger partial charge >= 0.3 is 11.9 Å². The molecule has 0 aromatic heterocycles. The molecular formula is C25H20F3N3O4S. The van der Waals surface area contributed by atoms with E-state index in [0.29, 0.717) is 16.5 Å². The Balaban J connectivity index is 1.44. The van der Waals surface area contributed by atoms with Gasteiger partial charge in [-0.05, 0) is 60.0 Å². The summed E-state index contributed by atoms with van der Waals surface area (Å²) in [6, 6.07) is 16.3. The predicted molar refractivity (Wildman–Crippen MR) is 132 cm³/mol. The SMILES string of the molecule is CCc1ccc(N[C@@H]2NC(=O)/C(=C/c3ccc(Oc4ccc(C(F)(F)F)cc4[N+](=O)[O-])cc3)S2)cc1. The topological polar surface area (TPSA) is 93.5 Å². The molecule has 0 aliphatic carbocycles. The quantitative estimate of drug-likeness (QED) is 0.210. The highest BCUT2D eigenvalue weighted by Crippen LogP contribution is 2.38. The summed E-state index contributed by atoms with van der Waals surface area (Å²) in [6.07, 6.45) is -2.09. The van der Waals surface area contributed by atoms with E-state index in [1.165, 1.54) is 29.5 Å². The zero-order valence-corrected chi connectivity index (χ0v) is 19.7. The maximum Gasteiger partial charge on any atom is 0.416 e. The molecule has 1 aliphatic heterocycles. The van der Waals surface area contributed by atoms with Crippen LogP contribution in [0.1, 0.15) is 23.6 Å². The summed E-state index contributed by atoms with van der Waals surface area (Å²) in [6.45, 7) is 2.07. The van der Waals surface area contributed by atoms with Gasteiger partial charge in [-0.3, -0.25) is 14.9 Å². The number of carbonyl (C=O) groups excluding carboxylic acids is 1. The number of carbonyl (C=O) groups is 1. The van der Waals surface area contributed by atoms with E-state index in [-0.39, 0.29) is 22.9 Å². The fourth-order valence-corrected chi connectivity index (χ4v) is 4.37. The third kappa shape index (κ3) is 5.98. The lowest BCUT2D eigenvalue weighted by Gasteiger charge is -2.12. The largest absolute Gasteiger partial charge is 0.450 e. The minimum Gasteiger partial charge on any atom is -0.450 e. The highest BCUT2D eigenvalue weighted by Gasteiger charge is 2.33. The van der Waals surface area contributed by atoms with Crippen molar-refractivity contribution in [1.29, 1.82) is 0 Å². The molecule has 4 rings (SSSR count). The van der Waals surface area contributed by atoms with E-state index in [9.17, 15) is 28.1 Å². The van der Waals surface area contributed by atoms with Crippen LogP contribution in [-0.4, -0.2) is 16.3 Å². The van der Waals surface area contributed by atoms with Crippen LogP contribution in [0.25, 0.3) is 6.08 Å². The Hall–Kier alpha value is -3.99. The molecule has 1 aliphatic rings. The number of rotatable bonds is 7. The van der Waals surface area contributed by atoms with Gasteiger partial charge in [-0.1, -0.05) is 43.0 Å². The van der Waals surface area contributed by atoms with Gasteiger partial charge in [0.05, 0.1) is 15.4 Å². The minimum atomic E-state index is -4.71. The number of benzene rings is 3. The van der Waals surface area contributed by atoms with Crippen molar-refractivity contribution in [3.05, 3.63) is 98.4 Å². The molecule has 1 saturated heterocycles. The molecule has 3 aromatic rings. The fourth-order valence-electron chi connectivity index (χ4n) is 3.39. The zero-order valence-electron chi connectivity index (χ0n) is 18.8. The van der Waals surface area contributed by atoms with Gasteiger partial charge in [-0.2, -0.15) is 13.2 Å². The first kappa shape index (κ1) is 25.1. The van der Waals surface area contributed by atoms with Crippen LogP contribution in [0.5, 0.6) is 11.5 Å². The van der Waals surface area contributed by atoms with Gasteiger partial charge in [0.25, 0.3) is 5.91 Å². The number of amides is 1. The number of nitro groups is 1. The van der Waals surface area contributed by atoms with Gasteiger partial charge in [0, 0.05) is 11.8 Å². The van der Waals surface area contributed by atoms with Crippen LogP contribution in [0.2, 0.25) is 0 Å². The number of ether oxygens (including phenoxy) is 1. The van der Waals surface area contributed by atoms with Crippen LogP contribution in [0.3, 0.4) is 0 Å². The van der Waals surface area contributed by atoms with Crippen LogP contribution in [0.15, 0.2) is 71.6 Å². The van der Waals surface area contributed by atoms with E-state index in [2.05, 4.69) is 17.6 Å². The van der Waals surface area contributed by atoms with Crippen LogP contribution in [-0.2, 0) is 17.4 Å². The molecule has 1 heterocycles. The van der Waals surface area contributed by atoms with Gasteiger partial charge in [0.1, 0.15) is 5.75 Å². The molecule has 1 fully saturated rings. The van der Waals surface area contributed by atoms with Crippen molar-refractivity contribution in [2.45, 2.75) is 25.0 Å². The first-order valence-corrected chi connectivity index (χ1v) is 11.7. The van der Waals surface area contributed by atoms with Crippen molar-refractivity contribution in [2.75, 3.05) is 5.32 Å². The lowest BCUT2D eigenvalue weighted by Crippen LogP contribution is -2.30. The molecule has 2 N–H and O–H groups in total. The molecule has 0 radical (unpaired) electrons. The molecule has 36 heavy (non-hydrogen) atoms. The summed E-state index contributed by atoms with van der Waals surface area (Å²) < 4.78 is 44.1. The lowest BCUT2D eigenvalue weighted by molar-refractivity contribution is -0.385. The summed E-state index contributed by atoms with van der Waals surface area (Å²) in [5.41, 5.74) is 0.503. The summed E-state index contributed by atoms with van der Waals surface area (Å²) in [5.74, 6) is -0.354. The van der Waals surface area contributed by atoms with E-state index in [1.807, 2.05) is 24.3 Å². The average molecular weight is 516 g/mol. The molecular weight excluding hydrogens is 495 g/mol. The Bertz CT molecular complexity index is 1310. The molecule has 0 unspecified atom stereocenters. The van der Waals surface area contributed by atoms with Crippen molar-refractivity contribution in [2.24, 2.45) is 0 Å². The number of anilines is 1. The normalized spacial score (nSPS) is 16.6. The van der Waals surface area contributed by atoms with Gasteiger partial charge < -0.3 is 15.4 Å². The number of alkyl halides is 3.